The van der Waals surface area contributed by atoms with Gasteiger partial charge in [-0.05, 0) is 32.9 Å². The normalized spacial score (nSPS) is 12.3. The van der Waals surface area contributed by atoms with E-state index in [4.69, 9.17) is 0 Å². The number of hydrogen-bond donors (Lipinski definition) is 0. The Morgan fingerprint density at radius 3 is 2.64 bits per heavy atom. The monoisotopic (exact) mass is 192 g/mol. The van der Waals surface area contributed by atoms with E-state index in [2.05, 4.69) is 25.8 Å². The molecule has 74 valence electrons. The molecule has 2 nitrogen and oxygen atoms in total. The smallest absolute Gasteiger partial charge is 0.151 e. The molecule has 0 aliphatic heterocycles. The summed E-state index contributed by atoms with van der Waals surface area (Å²) >= 11 is 0. The predicted octanol–water partition coefficient (Wildman–Crippen LogP) is 2.93. The Balaban J connectivity index is 2.76. The standard InChI is InChI=1S/C11H13FN2/c1-11(2,3)14-7-13-10-8(12)5-4-6-9(10)14/h4-7H,1-3H3. The Bertz CT molecular complexity index is 466. The van der Waals surface area contributed by atoms with Crippen molar-refractivity contribution in [3.8, 4) is 0 Å². The van der Waals surface area contributed by atoms with Crippen LogP contribution in [0.25, 0.3) is 11.0 Å². The summed E-state index contributed by atoms with van der Waals surface area (Å²) in [6, 6.07) is 5.03. The first-order valence-corrected chi connectivity index (χ1v) is 4.62. The van der Waals surface area contributed by atoms with Crippen molar-refractivity contribution in [2.75, 3.05) is 0 Å². The molecule has 0 unspecified atom stereocenters. The van der Waals surface area contributed by atoms with Gasteiger partial charge in [0, 0.05) is 5.54 Å². The van der Waals surface area contributed by atoms with Crippen molar-refractivity contribution >= 4 is 11.0 Å². The van der Waals surface area contributed by atoms with E-state index >= 15 is 0 Å². The van der Waals surface area contributed by atoms with Crippen molar-refractivity contribution in [3.05, 3.63) is 30.3 Å². The molecule has 2 rings (SSSR count). The van der Waals surface area contributed by atoms with Gasteiger partial charge in [-0.3, -0.25) is 0 Å². The van der Waals surface area contributed by atoms with E-state index in [-0.39, 0.29) is 11.4 Å². The lowest BCUT2D eigenvalue weighted by molar-refractivity contribution is 0.408. The van der Waals surface area contributed by atoms with Gasteiger partial charge in [0.1, 0.15) is 5.52 Å². The van der Waals surface area contributed by atoms with Gasteiger partial charge < -0.3 is 4.57 Å². The lowest BCUT2D eigenvalue weighted by Crippen LogP contribution is -2.20. The minimum absolute atomic E-state index is 0.0669. The van der Waals surface area contributed by atoms with E-state index in [0.717, 1.165) is 5.52 Å². The van der Waals surface area contributed by atoms with Crippen molar-refractivity contribution in [3.63, 3.8) is 0 Å². The van der Waals surface area contributed by atoms with Crippen molar-refractivity contribution < 1.29 is 4.39 Å². The second-order valence-corrected chi connectivity index (χ2v) is 4.39. The Kier molecular flexibility index (Phi) is 1.84. The SMILES string of the molecule is CC(C)(C)n1cnc2c(F)cccc21. The molecule has 3 heteroatoms. The van der Waals surface area contributed by atoms with Gasteiger partial charge in [0.25, 0.3) is 0 Å². The Morgan fingerprint density at radius 1 is 1.29 bits per heavy atom. The average Bonchev–Trinajstić information content (AvgIpc) is 2.47. The minimum Gasteiger partial charge on any atom is -0.325 e. The zero-order valence-corrected chi connectivity index (χ0v) is 8.58. The molecule has 2 aromatic rings. The minimum atomic E-state index is -0.259. The molecule has 1 aromatic carbocycles. The Morgan fingerprint density at radius 2 is 2.00 bits per heavy atom. The number of benzene rings is 1. The third kappa shape index (κ3) is 1.29. The molecule has 0 aliphatic rings. The second-order valence-electron chi connectivity index (χ2n) is 4.39. The van der Waals surface area contributed by atoms with Gasteiger partial charge in [-0.1, -0.05) is 6.07 Å². The van der Waals surface area contributed by atoms with Crippen molar-refractivity contribution in [1.29, 1.82) is 0 Å². The summed E-state index contributed by atoms with van der Waals surface area (Å²) in [5.41, 5.74) is 1.22. The number of fused-ring (bicyclic) bond motifs is 1. The number of aromatic nitrogens is 2. The molecule has 0 aliphatic carbocycles. The van der Waals surface area contributed by atoms with Gasteiger partial charge >= 0.3 is 0 Å². The number of nitrogens with zero attached hydrogens (tertiary/aromatic N) is 2. The molecule has 0 radical (unpaired) electrons. The molecule has 0 saturated heterocycles. The third-order valence-corrected chi connectivity index (χ3v) is 2.25. The van der Waals surface area contributed by atoms with Crippen LogP contribution in [0, 0.1) is 5.82 Å². The summed E-state index contributed by atoms with van der Waals surface area (Å²) in [5, 5.41) is 0. The quantitative estimate of drug-likeness (QED) is 0.627. The zero-order valence-electron chi connectivity index (χ0n) is 8.58. The number of hydrogen-bond acceptors (Lipinski definition) is 1. The largest absolute Gasteiger partial charge is 0.325 e. The maximum atomic E-state index is 13.3. The van der Waals surface area contributed by atoms with Crippen molar-refractivity contribution in [2.24, 2.45) is 0 Å². The Labute approximate surface area is 82.4 Å². The summed E-state index contributed by atoms with van der Waals surface area (Å²) in [7, 11) is 0. The zero-order chi connectivity index (χ0) is 10.3. The molecular weight excluding hydrogens is 179 g/mol. The third-order valence-electron chi connectivity index (χ3n) is 2.25. The van der Waals surface area contributed by atoms with E-state index in [9.17, 15) is 4.39 Å². The predicted molar refractivity (Wildman–Crippen MR) is 54.7 cm³/mol. The highest BCUT2D eigenvalue weighted by molar-refractivity contribution is 5.76. The maximum Gasteiger partial charge on any atom is 0.151 e. The molecule has 1 aromatic heterocycles. The van der Waals surface area contributed by atoms with Crippen molar-refractivity contribution in [1.82, 2.24) is 9.55 Å². The fraction of sp³-hybridized carbons (Fsp3) is 0.364. The molecule has 0 amide bonds. The van der Waals surface area contributed by atoms with Crippen molar-refractivity contribution in [2.45, 2.75) is 26.3 Å². The number of rotatable bonds is 0. The molecule has 14 heavy (non-hydrogen) atoms. The molecule has 0 bridgehead atoms. The summed E-state index contributed by atoms with van der Waals surface area (Å²) in [6.45, 7) is 6.21. The molecule has 1 heterocycles. The summed E-state index contributed by atoms with van der Waals surface area (Å²) in [5.74, 6) is -0.259. The molecule has 0 N–H and O–H groups in total. The van der Waals surface area contributed by atoms with Crippen LogP contribution >= 0.6 is 0 Å². The van der Waals surface area contributed by atoms with Gasteiger partial charge in [0.05, 0.1) is 11.8 Å². The molecule has 0 saturated carbocycles. The van der Waals surface area contributed by atoms with Gasteiger partial charge in [0.15, 0.2) is 5.82 Å². The van der Waals surface area contributed by atoms with E-state index in [0.29, 0.717) is 5.52 Å². The van der Waals surface area contributed by atoms with Gasteiger partial charge in [0.2, 0.25) is 0 Å². The highest BCUT2D eigenvalue weighted by Crippen LogP contribution is 2.22. The lowest BCUT2D eigenvalue weighted by atomic mass is 10.1. The number of halogens is 1. The fourth-order valence-electron chi connectivity index (χ4n) is 1.54. The first-order valence-electron chi connectivity index (χ1n) is 4.62. The van der Waals surface area contributed by atoms with Crippen LogP contribution in [-0.2, 0) is 5.54 Å². The van der Waals surface area contributed by atoms with Gasteiger partial charge in [-0.15, -0.1) is 0 Å². The molecule has 0 spiro atoms. The van der Waals surface area contributed by atoms with Crippen LogP contribution in [0.3, 0.4) is 0 Å². The van der Waals surface area contributed by atoms with Crippen LogP contribution in [0.2, 0.25) is 0 Å². The van der Waals surface area contributed by atoms with E-state index < -0.39 is 0 Å². The van der Waals surface area contributed by atoms with Gasteiger partial charge in [-0.2, -0.15) is 0 Å². The highest BCUT2D eigenvalue weighted by atomic mass is 19.1. The first kappa shape index (κ1) is 9.19. The van der Waals surface area contributed by atoms with Gasteiger partial charge in [-0.25, -0.2) is 9.37 Å². The highest BCUT2D eigenvalue weighted by Gasteiger charge is 2.16. The summed E-state index contributed by atoms with van der Waals surface area (Å²) < 4.78 is 15.3. The average molecular weight is 192 g/mol. The van der Waals surface area contributed by atoms with Crippen LogP contribution < -0.4 is 0 Å². The van der Waals surface area contributed by atoms with E-state index in [1.165, 1.54) is 6.07 Å². The number of para-hydroxylation sites is 1. The summed E-state index contributed by atoms with van der Waals surface area (Å²) in [4.78, 5) is 4.07. The lowest BCUT2D eigenvalue weighted by Gasteiger charge is -2.21. The van der Waals surface area contributed by atoms with Crippen LogP contribution in [0.1, 0.15) is 20.8 Å². The molecule has 0 fully saturated rings. The van der Waals surface area contributed by atoms with Crippen LogP contribution in [-0.4, -0.2) is 9.55 Å². The topological polar surface area (TPSA) is 17.8 Å². The van der Waals surface area contributed by atoms with Crippen LogP contribution in [0.5, 0.6) is 0 Å². The maximum absolute atomic E-state index is 13.3. The number of imidazole rings is 1. The second kappa shape index (κ2) is 2.80. The summed E-state index contributed by atoms with van der Waals surface area (Å²) in [6.07, 6.45) is 1.69. The first-order chi connectivity index (χ1) is 6.50. The van der Waals surface area contributed by atoms with E-state index in [1.54, 1.807) is 12.4 Å². The molecule has 0 atom stereocenters. The Hall–Kier alpha value is -1.38. The fourth-order valence-corrected chi connectivity index (χ4v) is 1.54. The van der Waals surface area contributed by atoms with Crippen LogP contribution in [0.15, 0.2) is 24.5 Å². The molecular formula is C11H13FN2. The van der Waals surface area contributed by atoms with E-state index in [1.807, 2.05) is 10.6 Å². The van der Waals surface area contributed by atoms with Crippen LogP contribution in [0.4, 0.5) is 4.39 Å².